The standard InChI is InChI=1S/C75H90Cl2N8O26/c1-28(2)14-42(81-7)70(100)84-58-45(90)18-35(21-52(78)92)68(98)82-56-34-19-49(106-47-12-9-32(60(58)93)16-40(47)76)64(111-73-65(62(95)61(94)51(27-86)108-73)110-54-26-75(6,80)67(97)30(4)105-54)50(20-34)107-48-13-10-33(17-41(48)77)63(109-53-25-74(5,79)66(96)29(3)104-53)59-71(101)83-57(72(102)103)39-22-36(87)23-44(89)55(39)38-15-31(8-11-43(38)88)37(24-46(56)91)69(99)85-59/h8-13,15-17,19-20,22-23,28-30,35,37,42,51,53-54,56-63,65-67,73,81,86-89,93-97H,14,18,21,24-27,79-80H2,1-7H3,(H2,78,92)(H,82,98)(H,83,101)(H,84,100)(H,85,99)(H,102,103)/t29?,30?,35-,37+,42+,51?,53?,54?,56+,57-,58-,59+,60+,61?,62?,63+,65?,66?,67?,73?,74?,75?/m0/s1. The predicted molar refractivity (Wildman–Crippen MR) is 388 cm³/mol. The van der Waals surface area contributed by atoms with Crippen LogP contribution in [0.2, 0.25) is 10.0 Å². The predicted octanol–water partition coefficient (Wildman–Crippen LogP) is 2.32. The normalized spacial score (nSPS) is 32.2. The number of fused-ring (bicyclic) bond motifs is 15. The Balaban J connectivity index is 1.19. The molecule has 3 saturated heterocycles. The molecule has 3 fully saturated rings. The van der Waals surface area contributed by atoms with Crippen molar-refractivity contribution in [3.8, 4) is 57.1 Å². The second kappa shape index (κ2) is 33.4. The third-order valence-electron chi connectivity index (χ3n) is 20.7. The zero-order valence-electron chi connectivity index (χ0n) is 61.1. The maximum atomic E-state index is 16.5. The molecule has 5 amide bonds. The number of likely N-dealkylation sites (N-methyl/N-ethyl adjacent to an activating group) is 1. The summed E-state index contributed by atoms with van der Waals surface area (Å²) < 4.78 is 51.8. The number of ketones is 2. The Morgan fingerprint density at radius 1 is 0.685 bits per heavy atom. The number of ether oxygens (including phenoxy) is 8. The number of halogens is 2. The summed E-state index contributed by atoms with van der Waals surface area (Å²) >= 11 is 14.5. The van der Waals surface area contributed by atoms with Gasteiger partial charge in [0, 0.05) is 65.9 Å². The van der Waals surface area contributed by atoms with Gasteiger partial charge in [0.1, 0.15) is 77.4 Å². The van der Waals surface area contributed by atoms with Crippen LogP contribution in [-0.2, 0) is 62.0 Å². The van der Waals surface area contributed by atoms with Crippen molar-refractivity contribution in [2.75, 3.05) is 13.7 Å². The first-order chi connectivity index (χ1) is 52.3. The fraction of sp³-hybridized carbons (Fsp3) is 0.493. The quantitative estimate of drug-likeness (QED) is 0.0715. The average molecular weight is 1590 g/mol. The Kier molecular flexibility index (Phi) is 25.0. The van der Waals surface area contributed by atoms with Gasteiger partial charge in [-0.3, -0.25) is 33.6 Å². The van der Waals surface area contributed by atoms with Gasteiger partial charge in [0.2, 0.25) is 41.6 Å². The van der Waals surface area contributed by atoms with Gasteiger partial charge in [0.05, 0.1) is 58.9 Å². The minimum absolute atomic E-state index is 0.0896. The summed E-state index contributed by atoms with van der Waals surface area (Å²) in [6.07, 6.45) is -24.5. The molecule has 8 heterocycles. The molecule has 11 bridgehead atoms. The number of aliphatic carboxylic acids is 1. The Hall–Kier alpha value is -8.92. The van der Waals surface area contributed by atoms with E-state index in [1.54, 1.807) is 0 Å². The van der Waals surface area contributed by atoms with Crippen LogP contribution in [-0.4, -0.2) is 209 Å². The second-order valence-corrected chi connectivity index (χ2v) is 30.7. The highest BCUT2D eigenvalue weighted by Crippen LogP contribution is 2.51. The number of hydrogen-bond donors (Lipinski definition) is 18. The molecule has 8 aliphatic heterocycles. The van der Waals surface area contributed by atoms with Crippen LogP contribution < -0.4 is 58.0 Å². The molecular formula is C75H90Cl2N8O26. The molecule has 0 spiro atoms. The summed E-state index contributed by atoms with van der Waals surface area (Å²) in [7, 11) is 1.49. The molecule has 21 N–H and O–H groups in total. The number of hydrogen-bond acceptors (Lipinski definition) is 28. The largest absolute Gasteiger partial charge is 0.508 e. The number of aliphatic hydroxyl groups is 6. The van der Waals surface area contributed by atoms with Gasteiger partial charge in [-0.05, 0) is 124 Å². The van der Waals surface area contributed by atoms with E-state index in [-0.39, 0.29) is 58.4 Å². The lowest BCUT2D eigenvalue weighted by molar-refractivity contribution is -0.333. The Morgan fingerprint density at radius 3 is 1.85 bits per heavy atom. The van der Waals surface area contributed by atoms with Gasteiger partial charge in [-0.2, -0.15) is 0 Å². The van der Waals surface area contributed by atoms with Crippen molar-refractivity contribution < 1.29 is 127 Å². The number of phenols is 3. The van der Waals surface area contributed by atoms with Gasteiger partial charge in [-0.1, -0.05) is 55.2 Å². The number of primary amides is 1. The molecule has 0 radical (unpaired) electrons. The molecule has 0 aliphatic carbocycles. The number of benzene rings is 5. The molecule has 5 aromatic rings. The van der Waals surface area contributed by atoms with Gasteiger partial charge in [0.25, 0.3) is 0 Å². The number of aromatic hydroxyl groups is 3. The minimum Gasteiger partial charge on any atom is -0.508 e. The highest BCUT2D eigenvalue weighted by Gasteiger charge is 2.52. The molecule has 600 valence electrons. The van der Waals surface area contributed by atoms with Crippen molar-refractivity contribution in [2.45, 2.75) is 207 Å². The molecule has 0 aromatic heterocycles. The lowest BCUT2D eigenvalue weighted by Crippen LogP contribution is -2.64. The highest BCUT2D eigenvalue weighted by atomic mass is 35.5. The maximum Gasteiger partial charge on any atom is 0.330 e. The number of phenolic OH excluding ortho intramolecular Hbond substituents is 3. The van der Waals surface area contributed by atoms with Crippen LogP contribution in [0.4, 0.5) is 0 Å². The summed E-state index contributed by atoms with van der Waals surface area (Å²) in [6.45, 7) is 8.66. The first kappa shape index (κ1) is 83.0. The molecule has 0 saturated carbocycles. The summed E-state index contributed by atoms with van der Waals surface area (Å²) in [6, 6.07) is 4.88. The first-order valence-corrected chi connectivity index (χ1v) is 36.5. The number of aliphatic hydroxyl groups excluding tert-OH is 6. The maximum absolute atomic E-state index is 16.5. The topological polar surface area (TPSA) is 551 Å². The van der Waals surface area contributed by atoms with Crippen LogP contribution in [0.5, 0.6) is 46.0 Å². The minimum atomic E-state index is -2.27. The molecule has 13 rings (SSSR count). The Bertz CT molecular complexity index is 4420. The number of carbonyl (C=O) groups is 8. The molecule has 5 aromatic carbocycles. The first-order valence-electron chi connectivity index (χ1n) is 35.8. The smallest absolute Gasteiger partial charge is 0.330 e. The van der Waals surface area contributed by atoms with Crippen LogP contribution in [0.1, 0.15) is 138 Å². The van der Waals surface area contributed by atoms with Crippen molar-refractivity contribution in [1.29, 1.82) is 0 Å². The Labute approximate surface area is 645 Å². The number of nitrogens with two attached hydrogens (primary N) is 3. The van der Waals surface area contributed by atoms with E-state index >= 15 is 24.0 Å². The highest BCUT2D eigenvalue weighted by molar-refractivity contribution is 6.32. The number of carboxylic acids is 1. The molecule has 36 heteroatoms. The third-order valence-corrected chi connectivity index (χ3v) is 21.3. The van der Waals surface area contributed by atoms with Crippen LogP contribution in [0.25, 0.3) is 11.1 Å². The lowest BCUT2D eigenvalue weighted by Gasteiger charge is -2.47. The average Bonchev–Trinajstić information content (AvgIpc) is 0.763. The number of Topliss-reactive ketones (excluding diaryl/α,β-unsaturated/α-hetero) is 2. The molecule has 22 atom stereocenters. The van der Waals surface area contributed by atoms with E-state index in [0.29, 0.717) is 0 Å². The number of carbonyl (C=O) groups excluding carboxylic acids is 7. The van der Waals surface area contributed by atoms with Gasteiger partial charge in [-0.25, -0.2) is 4.79 Å². The Morgan fingerprint density at radius 2 is 1.28 bits per heavy atom. The molecule has 13 unspecified atom stereocenters. The fourth-order valence-corrected chi connectivity index (χ4v) is 15.2. The summed E-state index contributed by atoms with van der Waals surface area (Å²) in [5, 5.41) is 127. The monoisotopic (exact) mass is 1590 g/mol. The van der Waals surface area contributed by atoms with Crippen LogP contribution in [0.3, 0.4) is 0 Å². The van der Waals surface area contributed by atoms with E-state index < -0.39 is 268 Å². The molecular weight excluding hydrogens is 1500 g/mol. The number of nitrogens with one attached hydrogen (secondary N) is 5. The molecule has 8 aliphatic rings. The van der Waals surface area contributed by atoms with Gasteiger partial charge >= 0.3 is 5.97 Å². The van der Waals surface area contributed by atoms with E-state index in [0.717, 1.165) is 42.5 Å². The van der Waals surface area contributed by atoms with Crippen LogP contribution in [0.15, 0.2) is 78.9 Å². The SMILES string of the molecule is CN[C@H](CC(C)C)C(=O)N[C@H]1C(=O)C[C@@H](CC(N)=O)C(=O)N[C@H]2C(=O)C[C@H]3C(=O)N[C@@H](C(=O)N[C@H](C(=O)O)c4cc(O)cc(O)c4-c4cc3ccc4O)[C@H](OC3CC(C)(N)C(O)C(C)O3)c3ccc(c(Cl)c3)Oc3cc2cc(c3OC2OC(CO)C(O)C(O)C2OC2CC(C)(N)C(O)C(C)O2)Oc2ccc(cc2Cl)[C@H]1O. The van der Waals surface area contributed by atoms with Gasteiger partial charge in [-0.15, -0.1) is 0 Å². The van der Waals surface area contributed by atoms with E-state index in [1.165, 1.54) is 71.1 Å². The van der Waals surface area contributed by atoms with Crippen molar-refractivity contribution >= 4 is 70.3 Å². The fourth-order valence-electron chi connectivity index (χ4n) is 14.8. The zero-order chi connectivity index (χ0) is 80.9. The van der Waals surface area contributed by atoms with E-state index in [9.17, 15) is 65.4 Å². The number of rotatable bonds is 15. The van der Waals surface area contributed by atoms with Crippen molar-refractivity contribution in [2.24, 2.45) is 29.0 Å². The second-order valence-electron chi connectivity index (χ2n) is 29.8. The summed E-state index contributed by atoms with van der Waals surface area (Å²) in [4.78, 5) is 120. The van der Waals surface area contributed by atoms with Crippen molar-refractivity contribution in [1.82, 2.24) is 26.6 Å². The summed E-state index contributed by atoms with van der Waals surface area (Å²) in [5.41, 5.74) is 13.8. The van der Waals surface area contributed by atoms with E-state index in [2.05, 4.69) is 26.6 Å². The van der Waals surface area contributed by atoms with Crippen molar-refractivity contribution in [3.63, 3.8) is 0 Å². The molecule has 34 nitrogen and oxygen atoms in total. The zero-order valence-corrected chi connectivity index (χ0v) is 62.6. The lowest BCUT2D eigenvalue weighted by atomic mass is 9.84. The van der Waals surface area contributed by atoms with Crippen molar-refractivity contribution in [3.05, 3.63) is 117 Å². The van der Waals surface area contributed by atoms with E-state index in [1.807, 2.05) is 13.8 Å². The number of carboxylic acid groups (broad SMARTS) is 1. The number of amides is 5. The third kappa shape index (κ3) is 17.8. The summed E-state index contributed by atoms with van der Waals surface area (Å²) in [5.74, 6) is -18.7. The van der Waals surface area contributed by atoms with Crippen LogP contribution in [0, 0.1) is 11.8 Å². The van der Waals surface area contributed by atoms with Gasteiger partial charge in [0.15, 0.2) is 47.8 Å². The van der Waals surface area contributed by atoms with Crippen LogP contribution >= 0.6 is 23.2 Å². The van der Waals surface area contributed by atoms with E-state index in [4.69, 9.17) is 78.3 Å². The molecule has 111 heavy (non-hydrogen) atoms. The van der Waals surface area contributed by atoms with Gasteiger partial charge < -0.3 is 133 Å².